The molecule has 0 aromatic heterocycles. The fourth-order valence-corrected chi connectivity index (χ4v) is 1.47. The topological polar surface area (TPSA) is 41.1 Å². The molecule has 0 aliphatic heterocycles. The molecule has 0 unspecified atom stereocenters. The monoisotopic (exact) mass is 234 g/mol. The molecule has 1 rings (SSSR count). The number of anilines is 1. The first-order valence-corrected chi connectivity index (χ1v) is 6.24. The molecule has 0 saturated heterocycles. The Morgan fingerprint density at radius 1 is 1.18 bits per heavy atom. The molecule has 0 aliphatic rings. The van der Waals surface area contributed by atoms with Crippen molar-refractivity contribution in [3.63, 3.8) is 0 Å². The van der Waals surface area contributed by atoms with E-state index < -0.39 is 0 Å². The summed E-state index contributed by atoms with van der Waals surface area (Å²) in [6, 6.07) is 9.92. The summed E-state index contributed by atoms with van der Waals surface area (Å²) in [6.45, 7) is 5.77. The summed E-state index contributed by atoms with van der Waals surface area (Å²) in [4.78, 5) is 11.5. The predicted octanol–water partition coefficient (Wildman–Crippen LogP) is 2.65. The van der Waals surface area contributed by atoms with E-state index in [4.69, 9.17) is 0 Å². The minimum absolute atomic E-state index is 0.120. The lowest BCUT2D eigenvalue weighted by atomic mass is 10.1. The quantitative estimate of drug-likeness (QED) is 0.761. The average molecular weight is 234 g/mol. The maximum Gasteiger partial charge on any atom is 0.221 e. The Morgan fingerprint density at radius 2 is 1.88 bits per heavy atom. The highest BCUT2D eigenvalue weighted by atomic mass is 16.1. The van der Waals surface area contributed by atoms with E-state index in [1.807, 2.05) is 30.3 Å². The summed E-state index contributed by atoms with van der Waals surface area (Å²) in [5.41, 5.74) is 1.06. The Kier molecular flexibility index (Phi) is 6.15. The minimum atomic E-state index is 0.120. The summed E-state index contributed by atoms with van der Waals surface area (Å²) >= 11 is 0. The van der Waals surface area contributed by atoms with Gasteiger partial charge in [0.05, 0.1) is 0 Å². The van der Waals surface area contributed by atoms with Gasteiger partial charge in [0.25, 0.3) is 0 Å². The maximum absolute atomic E-state index is 11.5. The van der Waals surface area contributed by atoms with Crippen molar-refractivity contribution in [1.82, 2.24) is 5.32 Å². The smallest absolute Gasteiger partial charge is 0.221 e. The molecule has 0 fully saturated rings. The van der Waals surface area contributed by atoms with Crippen LogP contribution in [0.25, 0.3) is 0 Å². The van der Waals surface area contributed by atoms with E-state index in [9.17, 15) is 4.79 Å². The van der Waals surface area contributed by atoms with E-state index in [1.165, 1.54) is 0 Å². The van der Waals surface area contributed by atoms with Crippen LogP contribution in [0.5, 0.6) is 0 Å². The van der Waals surface area contributed by atoms with Gasteiger partial charge in [-0.1, -0.05) is 32.0 Å². The second kappa shape index (κ2) is 7.71. The van der Waals surface area contributed by atoms with Crippen LogP contribution >= 0.6 is 0 Å². The number of para-hydroxylation sites is 1. The number of rotatable bonds is 7. The summed E-state index contributed by atoms with van der Waals surface area (Å²) < 4.78 is 0. The fourth-order valence-electron chi connectivity index (χ4n) is 1.47. The Hall–Kier alpha value is -1.51. The van der Waals surface area contributed by atoms with Gasteiger partial charge in [-0.3, -0.25) is 4.79 Å². The van der Waals surface area contributed by atoms with Crippen LogP contribution < -0.4 is 10.6 Å². The van der Waals surface area contributed by atoms with Crippen LogP contribution in [0.15, 0.2) is 30.3 Å². The zero-order valence-corrected chi connectivity index (χ0v) is 10.7. The molecule has 3 nitrogen and oxygen atoms in total. The lowest BCUT2D eigenvalue weighted by Crippen LogP contribution is -2.27. The molecule has 0 atom stereocenters. The molecule has 0 saturated carbocycles. The van der Waals surface area contributed by atoms with E-state index in [0.717, 1.165) is 18.7 Å². The van der Waals surface area contributed by atoms with Gasteiger partial charge in [0.15, 0.2) is 0 Å². The number of benzene rings is 1. The van der Waals surface area contributed by atoms with E-state index in [-0.39, 0.29) is 5.91 Å². The third-order valence-electron chi connectivity index (χ3n) is 2.50. The molecule has 0 bridgehead atoms. The number of hydrogen-bond donors (Lipinski definition) is 2. The second-order valence-corrected chi connectivity index (χ2v) is 4.58. The first-order chi connectivity index (χ1) is 8.18. The first kappa shape index (κ1) is 13.6. The van der Waals surface area contributed by atoms with Gasteiger partial charge in [-0.15, -0.1) is 0 Å². The van der Waals surface area contributed by atoms with Crippen molar-refractivity contribution in [2.24, 2.45) is 5.92 Å². The van der Waals surface area contributed by atoms with Crippen LogP contribution in [0.2, 0.25) is 0 Å². The highest BCUT2D eigenvalue weighted by Gasteiger charge is 2.01. The van der Waals surface area contributed by atoms with Crippen LogP contribution in [0.4, 0.5) is 5.69 Å². The first-order valence-electron chi connectivity index (χ1n) is 6.24. The maximum atomic E-state index is 11.5. The van der Waals surface area contributed by atoms with E-state index in [1.54, 1.807) is 0 Å². The van der Waals surface area contributed by atoms with Crippen molar-refractivity contribution in [3.05, 3.63) is 30.3 Å². The van der Waals surface area contributed by atoms with Gasteiger partial charge in [-0.2, -0.15) is 0 Å². The Bertz CT molecular complexity index is 322. The van der Waals surface area contributed by atoms with Crippen LogP contribution in [-0.4, -0.2) is 19.0 Å². The molecular weight excluding hydrogens is 212 g/mol. The summed E-state index contributed by atoms with van der Waals surface area (Å²) in [6.07, 6.45) is 1.56. The van der Waals surface area contributed by atoms with Gasteiger partial charge >= 0.3 is 0 Å². The van der Waals surface area contributed by atoms with E-state index in [2.05, 4.69) is 24.5 Å². The van der Waals surface area contributed by atoms with Gasteiger partial charge in [0.1, 0.15) is 0 Å². The lowest BCUT2D eigenvalue weighted by Gasteiger charge is -2.08. The predicted molar refractivity (Wildman–Crippen MR) is 72.0 cm³/mol. The molecule has 2 N–H and O–H groups in total. The molecule has 3 heteroatoms. The Morgan fingerprint density at radius 3 is 2.53 bits per heavy atom. The number of nitrogens with one attached hydrogen (secondary N) is 2. The molecular formula is C14H22N2O. The van der Waals surface area contributed by atoms with Crippen molar-refractivity contribution in [2.75, 3.05) is 18.4 Å². The molecule has 94 valence electrons. The largest absolute Gasteiger partial charge is 0.385 e. The third-order valence-corrected chi connectivity index (χ3v) is 2.50. The van der Waals surface area contributed by atoms with Gasteiger partial charge in [-0.25, -0.2) is 0 Å². The molecule has 1 aromatic carbocycles. The number of carbonyl (C=O) groups excluding carboxylic acids is 1. The molecule has 17 heavy (non-hydrogen) atoms. The minimum Gasteiger partial charge on any atom is -0.385 e. The zero-order valence-electron chi connectivity index (χ0n) is 10.7. The number of amides is 1. The van der Waals surface area contributed by atoms with Crippen molar-refractivity contribution in [3.8, 4) is 0 Å². The van der Waals surface area contributed by atoms with Crippen LogP contribution in [0.1, 0.15) is 26.7 Å². The van der Waals surface area contributed by atoms with Crippen molar-refractivity contribution in [1.29, 1.82) is 0 Å². The fraction of sp³-hybridized carbons (Fsp3) is 0.500. The molecule has 1 amide bonds. The van der Waals surface area contributed by atoms with Crippen molar-refractivity contribution < 1.29 is 4.79 Å². The SMILES string of the molecule is CC(C)CCNC(=O)CCNc1ccccc1. The van der Waals surface area contributed by atoms with E-state index in [0.29, 0.717) is 18.9 Å². The summed E-state index contributed by atoms with van der Waals surface area (Å²) in [7, 11) is 0. The van der Waals surface area contributed by atoms with Gasteiger partial charge < -0.3 is 10.6 Å². The number of carbonyl (C=O) groups is 1. The normalized spacial score (nSPS) is 10.3. The van der Waals surface area contributed by atoms with Gasteiger partial charge in [0.2, 0.25) is 5.91 Å². The average Bonchev–Trinajstić information content (AvgIpc) is 2.30. The molecule has 0 spiro atoms. The van der Waals surface area contributed by atoms with Crippen molar-refractivity contribution in [2.45, 2.75) is 26.7 Å². The highest BCUT2D eigenvalue weighted by molar-refractivity contribution is 5.76. The Balaban J connectivity index is 2.08. The lowest BCUT2D eigenvalue weighted by molar-refractivity contribution is -0.120. The number of hydrogen-bond acceptors (Lipinski definition) is 2. The van der Waals surface area contributed by atoms with Crippen molar-refractivity contribution >= 4 is 11.6 Å². The van der Waals surface area contributed by atoms with Crippen LogP contribution in [-0.2, 0) is 4.79 Å². The van der Waals surface area contributed by atoms with E-state index >= 15 is 0 Å². The zero-order chi connectivity index (χ0) is 12.5. The second-order valence-electron chi connectivity index (χ2n) is 4.58. The molecule has 1 aromatic rings. The standard InChI is InChI=1S/C14H22N2O/c1-12(2)8-10-16-14(17)9-11-15-13-6-4-3-5-7-13/h3-7,12,15H,8-11H2,1-2H3,(H,16,17). The third kappa shape index (κ3) is 6.61. The van der Waals surface area contributed by atoms with Crippen LogP contribution in [0.3, 0.4) is 0 Å². The van der Waals surface area contributed by atoms with Gasteiger partial charge in [-0.05, 0) is 24.5 Å². The molecule has 0 heterocycles. The van der Waals surface area contributed by atoms with Crippen LogP contribution in [0, 0.1) is 5.92 Å². The molecule has 0 aliphatic carbocycles. The van der Waals surface area contributed by atoms with Gasteiger partial charge in [0, 0.05) is 25.2 Å². The highest BCUT2D eigenvalue weighted by Crippen LogP contribution is 2.04. The molecule has 0 radical (unpaired) electrons. The summed E-state index contributed by atoms with van der Waals surface area (Å²) in [5.74, 6) is 0.756. The Labute approximate surface area is 104 Å². The summed E-state index contributed by atoms with van der Waals surface area (Å²) in [5, 5.41) is 6.14.